The molecule has 2 saturated heterocycles. The highest BCUT2D eigenvalue weighted by atomic mass is 16.6. The number of hydrogen-bond acceptors (Lipinski definition) is 7. The summed E-state index contributed by atoms with van der Waals surface area (Å²) in [4.78, 5) is 39.3. The Balaban J connectivity index is 1.43. The normalized spacial score (nSPS) is 24.8. The molecule has 2 aliphatic heterocycles. The van der Waals surface area contributed by atoms with E-state index in [4.69, 9.17) is 4.65 Å². The van der Waals surface area contributed by atoms with Gasteiger partial charge in [0.05, 0.1) is 28.6 Å². The highest BCUT2D eigenvalue weighted by Gasteiger charge is 2.57. The Morgan fingerprint density at radius 2 is 1.93 bits per heavy atom. The van der Waals surface area contributed by atoms with E-state index in [0.29, 0.717) is 25.7 Å². The maximum absolute atomic E-state index is 13.8. The second-order valence-electron chi connectivity index (χ2n) is 10.7. The SMILES string of the molecule is CCC1=C2[C@@H](CC/C(=C/c3cccc(O)c3)CC)OB(O)C[C@@H]2[C@@H]2C(=O)N(c3cccc([N+](=O)[O-])c3)C(=O)[C@@H]2C1. The van der Waals surface area contributed by atoms with Gasteiger partial charge in [0, 0.05) is 12.1 Å². The third-order valence-corrected chi connectivity index (χ3v) is 8.46. The highest BCUT2D eigenvalue weighted by Crippen LogP contribution is 2.52. The highest BCUT2D eigenvalue weighted by molar-refractivity contribution is 6.43. The van der Waals surface area contributed by atoms with Crippen molar-refractivity contribution in [2.24, 2.45) is 17.8 Å². The molecule has 40 heavy (non-hydrogen) atoms. The van der Waals surface area contributed by atoms with Gasteiger partial charge in [-0.25, -0.2) is 4.90 Å². The number of non-ortho nitro benzene ring substituents is 1. The molecule has 2 aromatic carbocycles. The van der Waals surface area contributed by atoms with E-state index in [2.05, 4.69) is 13.0 Å². The Morgan fingerprint density at radius 1 is 1.15 bits per heavy atom. The number of benzene rings is 2. The molecule has 1 aliphatic carbocycles. The summed E-state index contributed by atoms with van der Waals surface area (Å²) in [5.74, 6) is -2.08. The first-order valence-electron chi connectivity index (χ1n) is 13.9. The monoisotopic (exact) mass is 544 g/mol. The van der Waals surface area contributed by atoms with Crippen molar-refractivity contribution in [1.82, 2.24) is 0 Å². The predicted octanol–water partition coefficient (Wildman–Crippen LogP) is 5.29. The molecule has 3 aliphatic rings. The van der Waals surface area contributed by atoms with E-state index < -0.39 is 30.0 Å². The zero-order chi connectivity index (χ0) is 28.6. The molecule has 208 valence electrons. The average Bonchev–Trinajstić information content (AvgIpc) is 3.19. The van der Waals surface area contributed by atoms with Gasteiger partial charge in [-0.1, -0.05) is 49.3 Å². The number of nitrogens with zero attached hydrogens (tertiary/aromatic N) is 2. The Kier molecular flexibility index (Phi) is 7.91. The molecule has 0 saturated carbocycles. The van der Waals surface area contributed by atoms with Crippen molar-refractivity contribution in [3.8, 4) is 5.75 Å². The molecule has 9 nitrogen and oxygen atoms in total. The van der Waals surface area contributed by atoms with Crippen LogP contribution in [0.3, 0.4) is 0 Å². The van der Waals surface area contributed by atoms with E-state index >= 15 is 0 Å². The number of nitro groups is 1. The molecule has 0 aromatic heterocycles. The molecule has 5 rings (SSSR count). The number of aromatic hydroxyl groups is 1. The molecule has 4 atom stereocenters. The van der Waals surface area contributed by atoms with Gasteiger partial charge >= 0.3 is 7.12 Å². The number of carbonyl (C=O) groups excluding carboxylic acids is 2. The number of anilines is 1. The topological polar surface area (TPSA) is 130 Å². The first-order chi connectivity index (χ1) is 19.2. The lowest BCUT2D eigenvalue weighted by atomic mass is 9.58. The fourth-order valence-corrected chi connectivity index (χ4v) is 6.62. The van der Waals surface area contributed by atoms with Crippen molar-refractivity contribution in [2.75, 3.05) is 4.90 Å². The zero-order valence-corrected chi connectivity index (χ0v) is 22.7. The number of hydrogen-bond donors (Lipinski definition) is 2. The number of allylic oxidation sites excluding steroid dienone is 2. The standard InChI is InChI=1S/C30H33BN2O7/c1-3-18(13-19-7-5-10-23(34)14-19)11-12-26-27-20(4-2)15-24-28(25(27)17-31(37)40-26)30(36)32(29(24)35)21-8-6-9-22(16-21)33(38)39/h5-10,13-14,16,24-26,28,34,37H,3-4,11-12,15,17H2,1-2H3/b18-13+/t24-,25+,26-,28-/m1/s1. The van der Waals surface area contributed by atoms with E-state index in [1.165, 1.54) is 23.8 Å². The molecule has 2 heterocycles. The van der Waals surface area contributed by atoms with E-state index in [1.54, 1.807) is 24.3 Å². The first-order valence-corrected chi connectivity index (χ1v) is 13.9. The summed E-state index contributed by atoms with van der Waals surface area (Å²) < 4.78 is 6.06. The van der Waals surface area contributed by atoms with Crippen LogP contribution in [0.4, 0.5) is 11.4 Å². The lowest BCUT2D eigenvalue weighted by molar-refractivity contribution is -0.384. The van der Waals surface area contributed by atoms with Gasteiger partial charge in [-0.15, -0.1) is 0 Å². The average molecular weight is 544 g/mol. The van der Waals surface area contributed by atoms with Gasteiger partial charge in [0.15, 0.2) is 0 Å². The molecule has 2 amide bonds. The number of fused-ring (bicyclic) bond motifs is 3. The molecule has 2 N–H and O–H groups in total. The number of amides is 2. The molecular formula is C30H33BN2O7. The van der Waals surface area contributed by atoms with Crippen LogP contribution in [0.25, 0.3) is 6.08 Å². The maximum atomic E-state index is 13.8. The molecule has 10 heteroatoms. The van der Waals surface area contributed by atoms with E-state index in [-0.39, 0.29) is 41.2 Å². The lowest BCUT2D eigenvalue weighted by Gasteiger charge is -2.43. The van der Waals surface area contributed by atoms with Crippen LogP contribution in [0.2, 0.25) is 6.32 Å². The van der Waals surface area contributed by atoms with Crippen molar-refractivity contribution in [3.05, 3.63) is 80.9 Å². The summed E-state index contributed by atoms with van der Waals surface area (Å²) in [5.41, 5.74) is 4.19. The third kappa shape index (κ3) is 5.21. The molecule has 2 aromatic rings. The van der Waals surface area contributed by atoms with Gasteiger partial charge in [-0.2, -0.15) is 0 Å². The van der Waals surface area contributed by atoms with Crippen molar-refractivity contribution in [2.45, 2.75) is 58.4 Å². The third-order valence-electron chi connectivity index (χ3n) is 8.46. The van der Waals surface area contributed by atoms with Crippen molar-refractivity contribution in [1.29, 1.82) is 0 Å². The summed E-state index contributed by atoms with van der Waals surface area (Å²) >= 11 is 0. The molecule has 0 radical (unpaired) electrons. The summed E-state index contributed by atoms with van der Waals surface area (Å²) in [6.45, 7) is 4.10. The maximum Gasteiger partial charge on any atom is 0.455 e. The number of imide groups is 1. The van der Waals surface area contributed by atoms with Crippen LogP contribution in [0, 0.1) is 27.9 Å². The van der Waals surface area contributed by atoms with E-state index in [9.17, 15) is 29.8 Å². The number of nitro benzene ring substituents is 1. The molecule has 0 spiro atoms. The summed E-state index contributed by atoms with van der Waals surface area (Å²) in [6, 6.07) is 12.7. The van der Waals surface area contributed by atoms with E-state index in [1.807, 2.05) is 13.0 Å². The van der Waals surface area contributed by atoms with Crippen LogP contribution in [0.15, 0.2) is 65.3 Å². The number of phenolic OH excluding ortho intramolecular Hbond substituents is 1. The van der Waals surface area contributed by atoms with Crippen molar-refractivity contribution >= 4 is 36.4 Å². The second kappa shape index (κ2) is 11.4. The van der Waals surface area contributed by atoms with Crippen LogP contribution in [0.5, 0.6) is 5.75 Å². The van der Waals surface area contributed by atoms with Gasteiger partial charge in [0.2, 0.25) is 11.8 Å². The molecule has 0 bridgehead atoms. The fourth-order valence-electron chi connectivity index (χ4n) is 6.62. The van der Waals surface area contributed by atoms with Gasteiger partial charge in [-0.05, 0) is 73.7 Å². The Labute approximate surface area is 233 Å². The number of rotatable bonds is 8. The minimum Gasteiger partial charge on any atom is -0.508 e. The number of phenols is 1. The minimum atomic E-state index is -1.06. The quantitative estimate of drug-likeness (QED) is 0.152. The fraction of sp³-hybridized carbons (Fsp3) is 0.400. The van der Waals surface area contributed by atoms with Crippen LogP contribution in [-0.2, 0) is 14.2 Å². The van der Waals surface area contributed by atoms with Gasteiger partial charge < -0.3 is 14.8 Å². The predicted molar refractivity (Wildman–Crippen MR) is 151 cm³/mol. The molecular weight excluding hydrogens is 511 g/mol. The zero-order valence-electron chi connectivity index (χ0n) is 22.7. The minimum absolute atomic E-state index is 0.187. The summed E-state index contributed by atoms with van der Waals surface area (Å²) in [7, 11) is -1.06. The van der Waals surface area contributed by atoms with Gasteiger partial charge in [-0.3, -0.25) is 19.7 Å². The van der Waals surface area contributed by atoms with Gasteiger partial charge in [0.25, 0.3) is 5.69 Å². The van der Waals surface area contributed by atoms with E-state index in [0.717, 1.165) is 28.0 Å². The number of carbonyl (C=O) groups is 2. The van der Waals surface area contributed by atoms with Crippen molar-refractivity contribution in [3.63, 3.8) is 0 Å². The van der Waals surface area contributed by atoms with Crippen LogP contribution < -0.4 is 4.90 Å². The second-order valence-corrected chi connectivity index (χ2v) is 10.7. The Bertz CT molecular complexity index is 1400. The van der Waals surface area contributed by atoms with Crippen LogP contribution >= 0.6 is 0 Å². The van der Waals surface area contributed by atoms with Crippen LogP contribution in [-0.4, -0.2) is 40.1 Å². The molecule has 0 unspecified atom stereocenters. The smallest absolute Gasteiger partial charge is 0.455 e. The van der Waals surface area contributed by atoms with Gasteiger partial charge in [0.1, 0.15) is 5.75 Å². The Morgan fingerprint density at radius 3 is 2.62 bits per heavy atom. The van der Waals surface area contributed by atoms with Crippen LogP contribution in [0.1, 0.15) is 51.5 Å². The summed E-state index contributed by atoms with van der Waals surface area (Å²) in [5, 5.41) is 31.9. The summed E-state index contributed by atoms with van der Waals surface area (Å²) in [6.07, 6.45) is 5.14. The first kappa shape index (κ1) is 27.8. The molecule has 2 fully saturated rings. The Hall–Kier alpha value is -3.76. The largest absolute Gasteiger partial charge is 0.508 e. The van der Waals surface area contributed by atoms with Crippen molar-refractivity contribution < 1.29 is 29.3 Å². The lowest BCUT2D eigenvalue weighted by Crippen LogP contribution is -2.46.